The van der Waals surface area contributed by atoms with E-state index in [4.69, 9.17) is 0 Å². The van der Waals surface area contributed by atoms with Crippen molar-refractivity contribution in [2.75, 3.05) is 0 Å². The average molecular weight is 416 g/mol. The third-order valence-electron chi connectivity index (χ3n) is 1.77. The number of carbonyl (C=O) groups excluding carboxylic acids is 2. The molecule has 25 heavy (non-hydrogen) atoms. The van der Waals surface area contributed by atoms with Crippen LogP contribution in [0.2, 0.25) is 0 Å². The van der Waals surface area contributed by atoms with Crippen LogP contribution in [0.5, 0.6) is 0 Å². The van der Waals surface area contributed by atoms with Crippen LogP contribution in [0.3, 0.4) is 0 Å². The predicted molar refractivity (Wildman–Crippen MR) is 36.9 cm³/mol. The molecule has 0 aliphatic carbocycles. The Bertz CT molecular complexity index is 453. The zero-order valence-electron chi connectivity index (χ0n) is 11.7. The summed E-state index contributed by atoms with van der Waals surface area (Å²) in [5.41, 5.74) is 0. The Morgan fingerprint density at radius 3 is 0.920 bits per heavy atom. The van der Waals surface area contributed by atoms with Crippen LogP contribution in [0, 0.1) is 0 Å². The minimum Gasteiger partial charge on any atom is -0.544 e. The van der Waals surface area contributed by atoms with Gasteiger partial charge in [-0.25, -0.2) is 9.47 Å². The van der Waals surface area contributed by atoms with Crippen LogP contribution in [0.15, 0.2) is 0 Å². The van der Waals surface area contributed by atoms with Gasteiger partial charge in [-0.2, -0.15) is 35.1 Å². The topological polar surface area (TPSA) is 98.7 Å². The first-order chi connectivity index (χ1) is 9.80. The van der Waals surface area contributed by atoms with Gasteiger partial charge in [-0.15, -0.1) is 8.78 Å². The molecule has 2 atom stereocenters. The van der Waals surface area contributed by atoms with Gasteiger partial charge < -0.3 is 19.8 Å². The van der Waals surface area contributed by atoms with Gasteiger partial charge in [-0.3, -0.25) is 0 Å². The van der Waals surface area contributed by atoms with Crippen LogP contribution in [0.1, 0.15) is 0 Å². The molecule has 0 aromatic rings. The minimum atomic E-state index is -6.85. The first-order valence-corrected chi connectivity index (χ1v) is 4.52. The van der Waals surface area contributed by atoms with Crippen molar-refractivity contribution >= 4 is 11.9 Å². The summed E-state index contributed by atoms with van der Waals surface area (Å²) in [6.45, 7) is 0. The summed E-state index contributed by atoms with van der Waals surface area (Å²) in [6, 6.07) is 0. The van der Waals surface area contributed by atoms with Crippen molar-refractivity contribution in [1.29, 1.82) is 0 Å². The van der Waals surface area contributed by atoms with E-state index in [-0.39, 0.29) is 59.1 Å². The predicted octanol–water partition coefficient (Wildman–Crippen LogP) is -6.47. The monoisotopic (exact) mass is 416 g/mol. The fourth-order valence-corrected chi connectivity index (χ4v) is 0.779. The van der Waals surface area contributed by atoms with E-state index in [1.807, 2.05) is 9.47 Å². The van der Waals surface area contributed by atoms with E-state index < -0.39 is 42.3 Å². The van der Waals surface area contributed by atoms with Crippen molar-refractivity contribution in [2.24, 2.45) is 0 Å². The third-order valence-corrected chi connectivity index (χ3v) is 1.77. The second-order valence-electron chi connectivity index (χ2n) is 3.43. The van der Waals surface area contributed by atoms with Crippen molar-refractivity contribution in [3.8, 4) is 0 Å². The molecule has 0 spiro atoms. The normalized spacial score (nSPS) is 17.4. The molecule has 0 aliphatic rings. The van der Waals surface area contributed by atoms with Crippen molar-refractivity contribution < 1.29 is 132 Å². The molecule has 0 aromatic carbocycles. The van der Waals surface area contributed by atoms with Crippen LogP contribution < -0.4 is 69.3 Å². The molecular weight excluding hydrogens is 416 g/mol. The molecule has 0 aliphatic heterocycles. The van der Waals surface area contributed by atoms with Crippen LogP contribution in [0.25, 0.3) is 0 Å². The van der Waals surface area contributed by atoms with E-state index in [2.05, 4.69) is 0 Å². The molecule has 18 heteroatoms. The molecule has 0 N–H and O–H groups in total. The molecule has 0 heterocycles. The molecule has 0 bridgehead atoms. The molecule has 0 fully saturated rings. The number of carboxylic acids is 2. The molecule has 0 radical (unpaired) electrons. The standard InChI is InChI=1S/C7H2F10O6.2Na/c8-3(1(18)19,5(10,11)12)22-7(16,17)23-4(9,2(20)21)6(13,14)15;;/h(H,18,19)(H,20,21);;/q;2*+1/p-2. The van der Waals surface area contributed by atoms with Crippen LogP contribution in [-0.4, -0.2) is 42.3 Å². The van der Waals surface area contributed by atoms with Gasteiger partial charge in [0.15, 0.2) is 0 Å². The summed E-state index contributed by atoms with van der Waals surface area (Å²) in [5, 5.41) is 19.8. The number of halogens is 10. The number of ether oxygens (including phenoxy) is 2. The maximum absolute atomic E-state index is 12.9. The average Bonchev–Trinajstić information content (AvgIpc) is 2.23. The van der Waals surface area contributed by atoms with Gasteiger partial charge in [-0.1, -0.05) is 0 Å². The second kappa shape index (κ2) is 8.90. The molecule has 0 amide bonds. The Labute approximate surface area is 174 Å². The molecule has 0 saturated heterocycles. The molecule has 0 rings (SSSR count). The molecular formula is C7F10Na2O6. The number of alkyl halides is 10. The van der Waals surface area contributed by atoms with E-state index in [1.54, 1.807) is 0 Å². The fraction of sp³-hybridized carbons (Fsp3) is 0.714. The first kappa shape index (κ1) is 29.9. The number of carbonyl (C=O) groups is 2. The Morgan fingerprint density at radius 1 is 0.600 bits per heavy atom. The van der Waals surface area contributed by atoms with Crippen molar-refractivity contribution in [3.05, 3.63) is 0 Å². The Balaban J connectivity index is -0.00000242. The first-order valence-electron chi connectivity index (χ1n) is 4.52. The molecule has 0 aromatic heterocycles. The summed E-state index contributed by atoms with van der Waals surface area (Å²) in [5.74, 6) is -21.1. The van der Waals surface area contributed by atoms with E-state index in [1.165, 1.54) is 0 Å². The number of aliphatic carboxylic acids is 2. The zero-order valence-corrected chi connectivity index (χ0v) is 15.7. The third kappa shape index (κ3) is 6.67. The molecule has 2 unspecified atom stereocenters. The van der Waals surface area contributed by atoms with Gasteiger partial charge in [0.05, 0.1) is 0 Å². The van der Waals surface area contributed by atoms with Crippen molar-refractivity contribution in [2.45, 2.75) is 30.4 Å². The molecule has 0 saturated carbocycles. The summed E-state index contributed by atoms with van der Waals surface area (Å²) in [7, 11) is 0. The van der Waals surface area contributed by atoms with Crippen LogP contribution in [-0.2, 0) is 19.1 Å². The Hall–Kier alpha value is 0.160. The summed E-state index contributed by atoms with van der Waals surface area (Å²) < 4.78 is 127. The van der Waals surface area contributed by atoms with Crippen molar-refractivity contribution in [3.63, 3.8) is 0 Å². The number of carboxylic acid groups (broad SMARTS) is 2. The van der Waals surface area contributed by atoms with Gasteiger partial charge in [0.1, 0.15) is 11.9 Å². The van der Waals surface area contributed by atoms with E-state index >= 15 is 0 Å². The maximum Gasteiger partial charge on any atom is 1.00 e. The van der Waals surface area contributed by atoms with Gasteiger partial charge in [-0.05, 0) is 0 Å². The molecule has 136 valence electrons. The van der Waals surface area contributed by atoms with Gasteiger partial charge >= 0.3 is 89.5 Å². The zero-order chi connectivity index (χ0) is 19.1. The summed E-state index contributed by atoms with van der Waals surface area (Å²) in [4.78, 5) is 19.8. The number of hydrogen-bond donors (Lipinski definition) is 0. The van der Waals surface area contributed by atoms with Crippen LogP contribution in [0.4, 0.5) is 43.9 Å². The van der Waals surface area contributed by atoms with Gasteiger partial charge in [0.25, 0.3) is 0 Å². The quantitative estimate of drug-likeness (QED) is 0.243. The largest absolute Gasteiger partial charge is 1.00 e. The number of rotatable bonds is 6. The summed E-state index contributed by atoms with van der Waals surface area (Å²) >= 11 is 0. The summed E-state index contributed by atoms with van der Waals surface area (Å²) in [6.07, 6.45) is -20.4. The second-order valence-corrected chi connectivity index (χ2v) is 3.43. The van der Waals surface area contributed by atoms with E-state index in [0.717, 1.165) is 0 Å². The van der Waals surface area contributed by atoms with Gasteiger partial charge in [0, 0.05) is 0 Å². The van der Waals surface area contributed by atoms with Crippen LogP contribution >= 0.6 is 0 Å². The van der Waals surface area contributed by atoms with Crippen molar-refractivity contribution in [1.82, 2.24) is 0 Å². The van der Waals surface area contributed by atoms with E-state index in [0.29, 0.717) is 0 Å². The Kier molecular flexibility index (Phi) is 10.6. The minimum absolute atomic E-state index is 0. The Morgan fingerprint density at radius 2 is 0.800 bits per heavy atom. The smallest absolute Gasteiger partial charge is 0.544 e. The SMILES string of the molecule is O=C([O-])C(F)(OC(F)(F)OC(F)(C(=O)[O-])C(F)(F)F)C(F)(F)F.[Na+].[Na+]. The van der Waals surface area contributed by atoms with Gasteiger partial charge in [0.2, 0.25) is 0 Å². The maximum atomic E-state index is 12.9. The molecule has 6 nitrogen and oxygen atoms in total. The number of hydrogen-bond acceptors (Lipinski definition) is 6. The van der Waals surface area contributed by atoms with E-state index in [9.17, 15) is 63.7 Å². The fourth-order valence-electron chi connectivity index (χ4n) is 0.779.